The van der Waals surface area contributed by atoms with Crippen LogP contribution in [0.4, 0.5) is 13.2 Å². The van der Waals surface area contributed by atoms with Crippen molar-refractivity contribution >= 4 is 23.1 Å². The first-order valence-corrected chi connectivity index (χ1v) is 6.38. The van der Waals surface area contributed by atoms with Crippen LogP contribution in [0.25, 0.3) is 0 Å². The molecule has 1 aromatic carbocycles. The summed E-state index contributed by atoms with van der Waals surface area (Å²) in [4.78, 5) is 13.8. The number of hydrogen-bond donors (Lipinski definition) is 1. The van der Waals surface area contributed by atoms with Gasteiger partial charge in [0.25, 0.3) is 5.91 Å². The zero-order valence-electron chi connectivity index (χ0n) is 11.1. The molecule has 0 unspecified atom stereocenters. The molecule has 20 heavy (non-hydrogen) atoms. The van der Waals surface area contributed by atoms with E-state index in [9.17, 15) is 18.0 Å². The highest BCUT2D eigenvalue weighted by Crippen LogP contribution is 2.16. The number of rotatable bonds is 5. The maximum absolute atomic E-state index is 13.2. The van der Waals surface area contributed by atoms with Crippen LogP contribution in [0.1, 0.15) is 30.6 Å². The maximum atomic E-state index is 13.2. The zero-order valence-corrected chi connectivity index (χ0v) is 11.9. The summed E-state index contributed by atoms with van der Waals surface area (Å²) in [6, 6.07) is 1.14. The lowest BCUT2D eigenvalue weighted by Gasteiger charge is -2.26. The molecule has 0 spiro atoms. The Morgan fingerprint density at radius 3 is 2.20 bits per heavy atom. The standard InChI is InChI=1S/C13H15F3N2OS/c1-7(2)18(4-3-11(17)20)13(19)8-5-9(14)12(16)10(15)6-8/h5-7H,3-4H2,1-2H3,(H2,17,20). The molecule has 0 bridgehead atoms. The van der Waals surface area contributed by atoms with Crippen molar-refractivity contribution in [3.63, 3.8) is 0 Å². The molecule has 3 nitrogen and oxygen atoms in total. The first-order valence-electron chi connectivity index (χ1n) is 5.97. The molecule has 0 atom stereocenters. The Labute approximate surface area is 120 Å². The number of halogens is 3. The van der Waals surface area contributed by atoms with E-state index in [1.54, 1.807) is 13.8 Å². The number of amides is 1. The third-order valence-corrected chi connectivity index (χ3v) is 2.92. The fraction of sp³-hybridized carbons (Fsp3) is 0.385. The highest BCUT2D eigenvalue weighted by atomic mass is 32.1. The van der Waals surface area contributed by atoms with Gasteiger partial charge in [-0.1, -0.05) is 12.2 Å². The van der Waals surface area contributed by atoms with Crippen LogP contribution in [0.15, 0.2) is 12.1 Å². The van der Waals surface area contributed by atoms with E-state index in [0.717, 1.165) is 0 Å². The first kappa shape index (κ1) is 16.4. The van der Waals surface area contributed by atoms with Gasteiger partial charge in [-0.3, -0.25) is 4.79 Å². The van der Waals surface area contributed by atoms with E-state index in [1.165, 1.54) is 4.90 Å². The third-order valence-electron chi connectivity index (χ3n) is 2.71. The smallest absolute Gasteiger partial charge is 0.254 e. The molecule has 1 amide bonds. The Morgan fingerprint density at radius 1 is 1.30 bits per heavy atom. The minimum absolute atomic E-state index is 0.215. The molecule has 0 aromatic heterocycles. The van der Waals surface area contributed by atoms with Gasteiger partial charge in [-0.2, -0.15) is 0 Å². The summed E-state index contributed by atoms with van der Waals surface area (Å²) in [5, 5.41) is 0. The summed E-state index contributed by atoms with van der Waals surface area (Å²) in [5.41, 5.74) is 5.12. The predicted molar refractivity (Wildman–Crippen MR) is 73.9 cm³/mol. The summed E-state index contributed by atoms with van der Waals surface area (Å²) in [5.74, 6) is -4.99. The van der Waals surface area contributed by atoms with Crippen LogP contribution in [0.5, 0.6) is 0 Å². The van der Waals surface area contributed by atoms with Crippen LogP contribution in [0.3, 0.4) is 0 Å². The van der Waals surface area contributed by atoms with E-state index in [-0.39, 0.29) is 23.1 Å². The van der Waals surface area contributed by atoms with Crippen molar-refractivity contribution in [2.24, 2.45) is 5.73 Å². The Balaban J connectivity index is 3.03. The molecule has 1 rings (SSSR count). The van der Waals surface area contributed by atoms with Gasteiger partial charge in [-0.25, -0.2) is 13.2 Å². The minimum Gasteiger partial charge on any atom is -0.393 e. The molecule has 2 N–H and O–H groups in total. The van der Waals surface area contributed by atoms with Crippen molar-refractivity contribution in [1.29, 1.82) is 0 Å². The fourth-order valence-corrected chi connectivity index (χ4v) is 1.76. The van der Waals surface area contributed by atoms with Crippen LogP contribution in [-0.2, 0) is 0 Å². The van der Waals surface area contributed by atoms with Gasteiger partial charge in [-0.15, -0.1) is 0 Å². The Kier molecular flexibility index (Phi) is 5.50. The van der Waals surface area contributed by atoms with Gasteiger partial charge in [0.05, 0.1) is 4.99 Å². The number of carbonyl (C=O) groups excluding carboxylic acids is 1. The zero-order chi connectivity index (χ0) is 15.4. The lowest BCUT2D eigenvalue weighted by molar-refractivity contribution is 0.0710. The average Bonchev–Trinajstić information content (AvgIpc) is 2.34. The summed E-state index contributed by atoms with van der Waals surface area (Å²) in [6.45, 7) is 3.72. The molecular formula is C13H15F3N2OS. The van der Waals surface area contributed by atoms with Gasteiger partial charge >= 0.3 is 0 Å². The average molecular weight is 304 g/mol. The molecule has 0 radical (unpaired) electrons. The summed E-state index contributed by atoms with van der Waals surface area (Å²) in [6.07, 6.45) is 0.297. The van der Waals surface area contributed by atoms with Gasteiger partial charge in [0.1, 0.15) is 0 Å². The molecule has 1 aromatic rings. The molecule has 0 fully saturated rings. The second-order valence-corrected chi connectivity index (χ2v) is 5.09. The van der Waals surface area contributed by atoms with E-state index in [0.29, 0.717) is 18.6 Å². The van der Waals surface area contributed by atoms with Gasteiger partial charge in [0.2, 0.25) is 0 Å². The van der Waals surface area contributed by atoms with E-state index in [2.05, 4.69) is 0 Å². The van der Waals surface area contributed by atoms with Crippen LogP contribution >= 0.6 is 12.2 Å². The molecule has 0 saturated heterocycles. The monoisotopic (exact) mass is 304 g/mol. The number of hydrogen-bond acceptors (Lipinski definition) is 2. The Bertz CT molecular complexity index is 511. The maximum Gasteiger partial charge on any atom is 0.254 e. The van der Waals surface area contributed by atoms with Crippen molar-refractivity contribution in [3.05, 3.63) is 35.1 Å². The highest BCUT2D eigenvalue weighted by molar-refractivity contribution is 7.80. The van der Waals surface area contributed by atoms with Crippen LogP contribution in [0.2, 0.25) is 0 Å². The summed E-state index contributed by atoms with van der Waals surface area (Å²) in [7, 11) is 0. The second-order valence-electron chi connectivity index (χ2n) is 4.56. The molecule has 7 heteroatoms. The molecule has 110 valence electrons. The van der Waals surface area contributed by atoms with E-state index in [1.807, 2.05) is 0 Å². The number of nitrogens with zero attached hydrogens (tertiary/aromatic N) is 1. The number of nitrogens with two attached hydrogens (primary N) is 1. The van der Waals surface area contributed by atoms with Gasteiger partial charge in [-0.05, 0) is 26.0 Å². The second kappa shape index (κ2) is 6.69. The van der Waals surface area contributed by atoms with Gasteiger partial charge in [0, 0.05) is 24.6 Å². The van der Waals surface area contributed by atoms with Crippen molar-refractivity contribution in [2.75, 3.05) is 6.54 Å². The number of benzene rings is 1. The van der Waals surface area contributed by atoms with Crippen molar-refractivity contribution in [3.8, 4) is 0 Å². The third kappa shape index (κ3) is 3.93. The molecule has 0 saturated carbocycles. The van der Waals surface area contributed by atoms with Gasteiger partial charge in [0.15, 0.2) is 17.5 Å². The molecule has 0 aliphatic heterocycles. The fourth-order valence-electron chi connectivity index (χ4n) is 1.67. The lowest BCUT2D eigenvalue weighted by atomic mass is 10.1. The van der Waals surface area contributed by atoms with Crippen molar-refractivity contribution < 1.29 is 18.0 Å². The molecule has 0 heterocycles. The summed E-state index contributed by atoms with van der Waals surface area (Å²) >= 11 is 4.73. The normalized spacial score (nSPS) is 10.7. The van der Waals surface area contributed by atoms with Crippen molar-refractivity contribution in [2.45, 2.75) is 26.3 Å². The SMILES string of the molecule is CC(C)N(CCC(N)=S)C(=O)c1cc(F)c(F)c(F)c1. The van der Waals surface area contributed by atoms with Crippen LogP contribution in [0, 0.1) is 17.5 Å². The topological polar surface area (TPSA) is 46.3 Å². The number of thiocarbonyl (C=S) groups is 1. The van der Waals surface area contributed by atoms with E-state index < -0.39 is 23.4 Å². The Morgan fingerprint density at radius 2 is 1.80 bits per heavy atom. The first-order chi connectivity index (χ1) is 9.23. The number of carbonyl (C=O) groups is 1. The van der Waals surface area contributed by atoms with Crippen LogP contribution in [-0.4, -0.2) is 28.4 Å². The van der Waals surface area contributed by atoms with E-state index >= 15 is 0 Å². The highest BCUT2D eigenvalue weighted by Gasteiger charge is 2.22. The predicted octanol–water partition coefficient (Wildman–Crippen LogP) is 2.63. The van der Waals surface area contributed by atoms with Crippen molar-refractivity contribution in [1.82, 2.24) is 4.90 Å². The molecule has 0 aliphatic rings. The van der Waals surface area contributed by atoms with Crippen LogP contribution < -0.4 is 5.73 Å². The summed E-state index contributed by atoms with van der Waals surface area (Å²) < 4.78 is 39.2. The largest absolute Gasteiger partial charge is 0.393 e. The lowest BCUT2D eigenvalue weighted by Crippen LogP contribution is -2.39. The van der Waals surface area contributed by atoms with E-state index in [4.69, 9.17) is 18.0 Å². The Hall–Kier alpha value is -1.63. The minimum atomic E-state index is -1.60. The quantitative estimate of drug-likeness (QED) is 0.672. The molecular weight excluding hydrogens is 289 g/mol. The molecule has 0 aliphatic carbocycles. The van der Waals surface area contributed by atoms with Gasteiger partial charge < -0.3 is 10.6 Å².